The number of methoxy groups -OCH3 is 1. The third kappa shape index (κ3) is 5.35. The van der Waals surface area contributed by atoms with Gasteiger partial charge in [0.15, 0.2) is 6.29 Å². The number of carbonyl (C=O) groups excluding carboxylic acids is 1. The molecule has 0 aliphatic rings. The molecule has 0 saturated carbocycles. The molecule has 0 N–H and O–H groups in total. The van der Waals surface area contributed by atoms with Crippen LogP contribution in [0.1, 0.15) is 31.6 Å². The van der Waals surface area contributed by atoms with Gasteiger partial charge in [-0.15, -0.1) is 0 Å². The van der Waals surface area contributed by atoms with Crippen molar-refractivity contribution in [3.05, 3.63) is 53.1 Å². The number of benzene rings is 2. The number of halogens is 1. The summed E-state index contributed by atoms with van der Waals surface area (Å²) in [6.07, 6.45) is 2.83. The fourth-order valence-electron chi connectivity index (χ4n) is 2.18. The largest absolute Gasteiger partial charge is 1.00 e. The molecule has 3 nitrogen and oxygen atoms in total. The van der Waals surface area contributed by atoms with Crippen molar-refractivity contribution >= 4 is 36.6 Å². The van der Waals surface area contributed by atoms with Gasteiger partial charge < -0.3 is 10.7 Å². The van der Waals surface area contributed by atoms with E-state index >= 15 is 0 Å². The fourth-order valence-corrected chi connectivity index (χ4v) is 4.42. The van der Waals surface area contributed by atoms with Crippen molar-refractivity contribution in [1.29, 1.82) is 0 Å². The number of hydrogen-bond donors (Lipinski definition) is 0. The van der Waals surface area contributed by atoms with E-state index in [1.165, 1.54) is 7.11 Å². The number of unbranched alkanes of at least 4 members (excludes halogenated alkanes) is 1. The summed E-state index contributed by atoms with van der Waals surface area (Å²) in [6, 6.07) is 13.7. The summed E-state index contributed by atoms with van der Waals surface area (Å²) in [5.41, 5.74) is 0.442. The van der Waals surface area contributed by atoms with Gasteiger partial charge in [0, 0.05) is 10.6 Å². The predicted molar refractivity (Wildman–Crippen MR) is 98.0 cm³/mol. The molecule has 0 heterocycles. The average molecular weight is 359 g/mol. The van der Waals surface area contributed by atoms with Gasteiger partial charge in [-0.2, -0.15) is 0 Å². The first kappa shape index (κ1) is 21.2. The van der Waals surface area contributed by atoms with Crippen LogP contribution in [0.15, 0.2) is 42.5 Å². The van der Waals surface area contributed by atoms with Crippen molar-refractivity contribution in [2.24, 2.45) is 0 Å². The average Bonchev–Trinajstić information content (AvgIpc) is 2.58. The molecule has 0 aromatic heterocycles. The maximum Gasteiger partial charge on any atom is 1.00 e. The summed E-state index contributed by atoms with van der Waals surface area (Å²) in [5.74, 6) is 0.405. The van der Waals surface area contributed by atoms with Crippen molar-refractivity contribution in [3.8, 4) is 5.75 Å². The Bertz CT molecular complexity index is 658. The van der Waals surface area contributed by atoms with Gasteiger partial charge in [0.25, 0.3) is 0 Å². The molecule has 0 saturated heterocycles. The molecule has 1 unspecified atom stereocenters. The summed E-state index contributed by atoms with van der Waals surface area (Å²) in [7, 11) is 0.489. The van der Waals surface area contributed by atoms with Crippen molar-refractivity contribution in [1.82, 2.24) is 0 Å². The minimum absolute atomic E-state index is 0. The summed E-state index contributed by atoms with van der Waals surface area (Å²) in [6.45, 7) is 2.81. The number of hydrogen-bond acceptors (Lipinski definition) is 3. The monoisotopic (exact) mass is 358 g/mol. The van der Waals surface area contributed by atoms with Crippen LogP contribution < -0.4 is 34.2 Å². The molecule has 2 aromatic carbocycles. The minimum Gasteiger partial charge on any atom is -1.00 e. The molecule has 0 aliphatic heterocycles. The molecule has 6 heteroatoms. The third-order valence-electron chi connectivity index (χ3n) is 3.33. The van der Waals surface area contributed by atoms with Gasteiger partial charge in [-0.25, -0.2) is 0 Å². The van der Waals surface area contributed by atoms with E-state index in [2.05, 4.69) is 6.92 Å². The van der Waals surface area contributed by atoms with E-state index in [1.54, 1.807) is 0 Å². The second-order valence-electron chi connectivity index (χ2n) is 4.98. The molecule has 24 heavy (non-hydrogen) atoms. The van der Waals surface area contributed by atoms with Crippen LogP contribution in [0, 0.1) is 0 Å². The van der Waals surface area contributed by atoms with E-state index in [0.717, 1.165) is 29.7 Å². The molecule has 0 spiro atoms. The Morgan fingerprint density at radius 3 is 2.50 bits per heavy atom. The zero-order chi connectivity index (χ0) is 16.7. The summed E-state index contributed by atoms with van der Waals surface area (Å²) in [4.78, 5) is 11.3. The minimum atomic E-state index is -1.02. The number of carbonyl (C=O) groups is 1. The number of ether oxygens (including phenoxy) is 1. The van der Waals surface area contributed by atoms with Crippen LogP contribution >= 0.6 is 19.7 Å². The standard InChI is InChI=1S/C18H20ClO3P.Li.H/c1-3-4-10-22-23(15-8-6-5-7-9-15)16-11-14(13-20)18(21-2)17(19)12-16;;/h5-9,11-13H,3-4,10H2,1-2H3;;/q;+1;-1. The summed E-state index contributed by atoms with van der Waals surface area (Å²) in [5, 5.41) is 2.43. The van der Waals surface area contributed by atoms with Crippen LogP contribution in [0.3, 0.4) is 0 Å². The molecular weight excluding hydrogens is 338 g/mol. The molecule has 0 fully saturated rings. The first-order valence-corrected chi connectivity index (χ1v) is 9.15. The van der Waals surface area contributed by atoms with Crippen LogP contribution in [-0.2, 0) is 4.52 Å². The van der Waals surface area contributed by atoms with E-state index in [4.69, 9.17) is 20.9 Å². The van der Waals surface area contributed by atoms with Crippen molar-refractivity contribution in [2.75, 3.05) is 13.7 Å². The van der Waals surface area contributed by atoms with Crippen molar-refractivity contribution < 1.29 is 34.3 Å². The number of aldehydes is 1. The third-order valence-corrected chi connectivity index (χ3v) is 5.55. The van der Waals surface area contributed by atoms with Gasteiger partial charge in [0.05, 0.1) is 32.5 Å². The molecule has 2 rings (SSSR count). The maximum atomic E-state index is 11.3. The Kier molecular flexibility index (Phi) is 9.67. The van der Waals surface area contributed by atoms with Crippen LogP contribution in [0.5, 0.6) is 5.75 Å². The van der Waals surface area contributed by atoms with Gasteiger partial charge in [-0.3, -0.25) is 4.79 Å². The van der Waals surface area contributed by atoms with Crippen LogP contribution in [0.4, 0.5) is 0 Å². The van der Waals surface area contributed by atoms with Gasteiger partial charge in [-0.1, -0.05) is 55.3 Å². The van der Waals surface area contributed by atoms with Crippen molar-refractivity contribution in [2.45, 2.75) is 19.8 Å². The van der Waals surface area contributed by atoms with E-state index in [9.17, 15) is 4.79 Å². The van der Waals surface area contributed by atoms with Gasteiger partial charge in [0.1, 0.15) is 5.75 Å². The van der Waals surface area contributed by atoms with Gasteiger partial charge in [0.2, 0.25) is 0 Å². The van der Waals surface area contributed by atoms with E-state index in [0.29, 0.717) is 22.9 Å². The number of rotatable bonds is 8. The SMILES string of the molecule is CCCCOP(c1ccccc1)c1cc(Cl)c(OC)c(C=O)c1.[H-].[Li+]. The molecule has 0 bridgehead atoms. The van der Waals surface area contributed by atoms with E-state index < -0.39 is 8.15 Å². The second kappa shape index (κ2) is 10.9. The Morgan fingerprint density at radius 2 is 1.92 bits per heavy atom. The predicted octanol–water partition coefficient (Wildman–Crippen LogP) is 1.44. The topological polar surface area (TPSA) is 35.5 Å². The van der Waals surface area contributed by atoms with E-state index in [-0.39, 0.29) is 20.3 Å². The molecule has 0 amide bonds. The van der Waals surface area contributed by atoms with Gasteiger partial charge >= 0.3 is 18.9 Å². The first-order valence-electron chi connectivity index (χ1n) is 7.52. The quantitative estimate of drug-likeness (QED) is 0.310. The van der Waals surface area contributed by atoms with Crippen LogP contribution in [0.25, 0.3) is 0 Å². The Balaban J connectivity index is 0.00000288. The van der Waals surface area contributed by atoms with Crippen molar-refractivity contribution in [3.63, 3.8) is 0 Å². The zero-order valence-electron chi connectivity index (χ0n) is 15.3. The Morgan fingerprint density at radius 1 is 1.21 bits per heavy atom. The van der Waals surface area contributed by atoms with Gasteiger partial charge in [-0.05, 0) is 18.6 Å². The second-order valence-corrected chi connectivity index (χ2v) is 7.27. The first-order chi connectivity index (χ1) is 11.2. The summed E-state index contributed by atoms with van der Waals surface area (Å²) < 4.78 is 11.3. The zero-order valence-corrected chi connectivity index (χ0v) is 15.9. The Hall–Kier alpha value is -0.813. The molecule has 0 aliphatic carbocycles. The molecule has 124 valence electrons. The maximum absolute atomic E-state index is 11.3. The smallest absolute Gasteiger partial charge is 1.00 e. The Labute approximate surface area is 163 Å². The van der Waals surface area contributed by atoms with E-state index in [1.807, 2.05) is 42.5 Å². The summed E-state index contributed by atoms with van der Waals surface area (Å²) >= 11 is 6.28. The molecular formula is C18H21ClLiO3P. The van der Waals surface area contributed by atoms with Crippen LogP contribution in [0.2, 0.25) is 5.02 Å². The molecule has 1 atom stereocenters. The molecule has 2 aromatic rings. The van der Waals surface area contributed by atoms with Crippen LogP contribution in [-0.4, -0.2) is 20.0 Å². The normalized spacial score (nSPS) is 11.5. The fraction of sp³-hybridized carbons (Fsp3) is 0.278. The molecule has 0 radical (unpaired) electrons.